The van der Waals surface area contributed by atoms with Crippen LogP contribution in [0.3, 0.4) is 0 Å². The Morgan fingerprint density at radius 3 is 2.56 bits per heavy atom. The van der Waals surface area contributed by atoms with Gasteiger partial charge in [-0.2, -0.15) is 0 Å². The topological polar surface area (TPSA) is 86.5 Å². The van der Waals surface area contributed by atoms with E-state index in [-0.39, 0.29) is 10.2 Å². The summed E-state index contributed by atoms with van der Waals surface area (Å²) in [6, 6.07) is 1.75. The van der Waals surface area contributed by atoms with Gasteiger partial charge in [0.2, 0.25) is 0 Å². The second-order valence-corrected chi connectivity index (χ2v) is 6.70. The number of benzene rings is 1. The van der Waals surface area contributed by atoms with E-state index in [2.05, 4.69) is 15.9 Å². The smallest absolute Gasteiger partial charge is 0.264 e. The zero-order chi connectivity index (χ0) is 14.1. The highest BCUT2D eigenvalue weighted by Crippen LogP contribution is 2.32. The van der Waals surface area contributed by atoms with Gasteiger partial charge in [-0.05, 0) is 28.9 Å². The fourth-order valence-electron chi connectivity index (χ4n) is 1.04. The maximum Gasteiger partial charge on any atom is 0.264 e. The van der Waals surface area contributed by atoms with Crippen LogP contribution in [0.2, 0.25) is 0 Å². The molecule has 100 valence electrons. The monoisotopic (exact) mass is 359 g/mol. The first-order valence-corrected chi connectivity index (χ1v) is 7.63. The van der Waals surface area contributed by atoms with Crippen molar-refractivity contribution < 1.29 is 22.3 Å². The Morgan fingerprint density at radius 2 is 2.11 bits per heavy atom. The minimum atomic E-state index is -4.20. The van der Waals surface area contributed by atoms with Gasteiger partial charge in [-0.15, -0.1) is 0 Å². The SMILES string of the molecule is CC(Oc1cc(F)c(S(=O)(=O)Cl)cc1Br)C(N)=O. The number of halogens is 3. The van der Waals surface area contributed by atoms with Crippen LogP contribution in [0.15, 0.2) is 21.5 Å². The molecule has 0 fully saturated rings. The van der Waals surface area contributed by atoms with Gasteiger partial charge in [-0.3, -0.25) is 4.79 Å². The Bertz CT molecular complexity index is 592. The third kappa shape index (κ3) is 3.56. The molecular weight excluding hydrogens is 353 g/mol. The van der Waals surface area contributed by atoms with E-state index >= 15 is 0 Å². The first-order valence-electron chi connectivity index (χ1n) is 4.52. The number of carbonyl (C=O) groups excluding carboxylic acids is 1. The van der Waals surface area contributed by atoms with Gasteiger partial charge in [0.1, 0.15) is 16.5 Å². The molecule has 0 aromatic heterocycles. The number of primary amides is 1. The van der Waals surface area contributed by atoms with Crippen molar-refractivity contribution in [2.45, 2.75) is 17.9 Å². The number of amides is 1. The largest absolute Gasteiger partial charge is 0.480 e. The Balaban J connectivity index is 3.20. The Labute approximate surface area is 116 Å². The molecule has 0 radical (unpaired) electrons. The Hall–Kier alpha value is -0.860. The van der Waals surface area contributed by atoms with Gasteiger partial charge in [0.25, 0.3) is 15.0 Å². The van der Waals surface area contributed by atoms with E-state index in [4.69, 9.17) is 21.2 Å². The standard InChI is InChI=1S/C9H8BrClFNO4S/c1-4(9(13)14)17-7-3-6(12)8(2-5(7)10)18(11,15)16/h2-4H,1H3,(H2,13,14). The van der Waals surface area contributed by atoms with E-state index < -0.39 is 31.8 Å². The number of ether oxygens (including phenoxy) is 1. The summed E-state index contributed by atoms with van der Waals surface area (Å²) in [5, 5.41) is 0. The van der Waals surface area contributed by atoms with E-state index in [0.717, 1.165) is 12.1 Å². The lowest BCUT2D eigenvalue weighted by Crippen LogP contribution is -2.30. The van der Waals surface area contributed by atoms with Gasteiger partial charge in [0.15, 0.2) is 6.10 Å². The van der Waals surface area contributed by atoms with Gasteiger partial charge in [0, 0.05) is 16.7 Å². The summed E-state index contributed by atoms with van der Waals surface area (Å²) in [7, 11) is 0.843. The summed E-state index contributed by atoms with van der Waals surface area (Å²) in [4.78, 5) is 10.1. The fraction of sp³-hybridized carbons (Fsp3) is 0.222. The average Bonchev–Trinajstić information content (AvgIpc) is 2.20. The summed E-state index contributed by atoms with van der Waals surface area (Å²) in [5.74, 6) is -1.88. The number of hydrogen-bond acceptors (Lipinski definition) is 4. The highest BCUT2D eigenvalue weighted by Gasteiger charge is 2.21. The average molecular weight is 361 g/mol. The Morgan fingerprint density at radius 1 is 1.56 bits per heavy atom. The van der Waals surface area contributed by atoms with Crippen LogP contribution < -0.4 is 10.5 Å². The van der Waals surface area contributed by atoms with Crippen LogP contribution in [0.25, 0.3) is 0 Å². The minimum Gasteiger partial charge on any atom is -0.480 e. The molecule has 1 unspecified atom stereocenters. The summed E-state index contributed by atoms with van der Waals surface area (Å²) in [6.45, 7) is 1.37. The third-order valence-electron chi connectivity index (χ3n) is 1.95. The highest BCUT2D eigenvalue weighted by atomic mass is 79.9. The molecule has 0 spiro atoms. The van der Waals surface area contributed by atoms with Crippen LogP contribution in [0.1, 0.15) is 6.92 Å². The molecule has 1 amide bonds. The van der Waals surface area contributed by atoms with E-state index in [0.29, 0.717) is 0 Å². The lowest BCUT2D eigenvalue weighted by molar-refractivity contribution is -0.124. The molecule has 1 aromatic rings. The van der Waals surface area contributed by atoms with E-state index in [1.165, 1.54) is 6.92 Å². The molecule has 0 saturated heterocycles. The lowest BCUT2D eigenvalue weighted by Gasteiger charge is -2.13. The molecule has 0 saturated carbocycles. The van der Waals surface area contributed by atoms with E-state index in [1.807, 2.05) is 0 Å². The van der Waals surface area contributed by atoms with Crippen LogP contribution >= 0.6 is 26.6 Å². The molecule has 1 rings (SSSR count). The maximum atomic E-state index is 13.5. The maximum absolute atomic E-state index is 13.5. The normalized spacial score (nSPS) is 13.1. The molecule has 0 heterocycles. The van der Waals surface area contributed by atoms with Crippen molar-refractivity contribution >= 4 is 41.6 Å². The molecule has 0 aliphatic carbocycles. The second-order valence-electron chi connectivity index (χ2n) is 3.31. The molecule has 1 atom stereocenters. The summed E-state index contributed by atoms with van der Waals surface area (Å²) in [6.07, 6.45) is -0.987. The summed E-state index contributed by atoms with van der Waals surface area (Å²) < 4.78 is 40.8. The van der Waals surface area contributed by atoms with Crippen molar-refractivity contribution in [3.05, 3.63) is 22.4 Å². The highest BCUT2D eigenvalue weighted by molar-refractivity contribution is 9.10. The van der Waals surface area contributed by atoms with Crippen LogP contribution in [0, 0.1) is 5.82 Å². The van der Waals surface area contributed by atoms with Gasteiger partial charge in [-0.25, -0.2) is 12.8 Å². The van der Waals surface area contributed by atoms with Gasteiger partial charge in [-0.1, -0.05) is 0 Å². The predicted octanol–water partition coefficient (Wildman–Crippen LogP) is 1.77. The Kier molecular flexibility index (Phi) is 4.57. The molecule has 0 aliphatic rings. The van der Waals surface area contributed by atoms with E-state index in [1.54, 1.807) is 0 Å². The zero-order valence-corrected chi connectivity index (χ0v) is 12.1. The molecule has 5 nitrogen and oxygen atoms in total. The molecule has 18 heavy (non-hydrogen) atoms. The number of nitrogens with two attached hydrogens (primary N) is 1. The molecule has 0 bridgehead atoms. The number of hydrogen-bond donors (Lipinski definition) is 1. The molecule has 2 N–H and O–H groups in total. The molecule has 0 aliphatic heterocycles. The summed E-state index contributed by atoms with van der Waals surface area (Å²) >= 11 is 2.98. The molecular formula is C9H8BrClFNO4S. The van der Waals surface area contributed by atoms with Crippen LogP contribution in [0.5, 0.6) is 5.75 Å². The molecule has 1 aromatic carbocycles. The van der Waals surface area contributed by atoms with Crippen molar-refractivity contribution in [1.82, 2.24) is 0 Å². The first kappa shape index (κ1) is 15.2. The first-order chi connectivity index (χ1) is 8.12. The summed E-state index contributed by atoms with van der Waals surface area (Å²) in [5.41, 5.74) is 4.98. The van der Waals surface area contributed by atoms with Crippen molar-refractivity contribution in [2.24, 2.45) is 5.73 Å². The third-order valence-corrected chi connectivity index (χ3v) is 3.91. The number of carbonyl (C=O) groups is 1. The van der Waals surface area contributed by atoms with E-state index in [9.17, 15) is 17.6 Å². The van der Waals surface area contributed by atoms with Crippen molar-refractivity contribution in [1.29, 1.82) is 0 Å². The van der Waals surface area contributed by atoms with Crippen molar-refractivity contribution in [2.75, 3.05) is 0 Å². The van der Waals surface area contributed by atoms with Gasteiger partial charge in [0.05, 0.1) is 4.47 Å². The van der Waals surface area contributed by atoms with Crippen LogP contribution in [0.4, 0.5) is 4.39 Å². The van der Waals surface area contributed by atoms with Gasteiger partial charge < -0.3 is 10.5 Å². The van der Waals surface area contributed by atoms with Crippen LogP contribution in [-0.2, 0) is 13.8 Å². The van der Waals surface area contributed by atoms with Crippen LogP contribution in [-0.4, -0.2) is 20.4 Å². The van der Waals surface area contributed by atoms with Crippen molar-refractivity contribution in [3.8, 4) is 5.75 Å². The molecule has 9 heteroatoms. The predicted molar refractivity (Wildman–Crippen MR) is 66.4 cm³/mol. The number of rotatable bonds is 4. The van der Waals surface area contributed by atoms with Crippen molar-refractivity contribution in [3.63, 3.8) is 0 Å². The fourth-order valence-corrected chi connectivity index (χ4v) is 2.53. The van der Waals surface area contributed by atoms with Gasteiger partial charge >= 0.3 is 0 Å². The minimum absolute atomic E-state index is 0.0529. The zero-order valence-electron chi connectivity index (χ0n) is 8.98. The quantitative estimate of drug-likeness (QED) is 0.829. The lowest BCUT2D eigenvalue weighted by atomic mass is 10.3. The second kappa shape index (κ2) is 5.41.